The van der Waals surface area contributed by atoms with E-state index in [1.165, 1.54) is 19.3 Å². The molecule has 0 aliphatic heterocycles. The lowest BCUT2D eigenvalue weighted by molar-refractivity contribution is 0.300. The van der Waals surface area contributed by atoms with Crippen LogP contribution in [-0.2, 0) is 0 Å². The van der Waals surface area contributed by atoms with Crippen LogP contribution in [0.15, 0.2) is 12.4 Å². The molecule has 0 bridgehead atoms. The smallest absolute Gasteiger partial charge is 0.218 e. The van der Waals surface area contributed by atoms with Gasteiger partial charge in [-0.2, -0.15) is 0 Å². The Labute approximate surface area is 96.4 Å². The number of anilines is 1. The van der Waals surface area contributed by atoms with Crippen molar-refractivity contribution in [3.8, 4) is 5.88 Å². The molecule has 0 aromatic carbocycles. The maximum absolute atomic E-state index is 5.47. The fourth-order valence-electron chi connectivity index (χ4n) is 1.83. The lowest BCUT2D eigenvalue weighted by Gasteiger charge is -2.39. The first kappa shape index (κ1) is 11.2. The van der Waals surface area contributed by atoms with Gasteiger partial charge in [0, 0.05) is 11.6 Å². The molecule has 1 aliphatic carbocycles. The van der Waals surface area contributed by atoms with Gasteiger partial charge < -0.3 is 10.1 Å². The van der Waals surface area contributed by atoms with Gasteiger partial charge in [-0.3, -0.25) is 0 Å². The van der Waals surface area contributed by atoms with E-state index >= 15 is 0 Å². The molecule has 1 saturated carbocycles. The average molecular weight is 221 g/mol. The van der Waals surface area contributed by atoms with E-state index in [2.05, 4.69) is 29.1 Å². The number of rotatable bonds is 5. The Morgan fingerprint density at radius 2 is 2.25 bits per heavy atom. The number of aromatic nitrogens is 2. The maximum Gasteiger partial charge on any atom is 0.218 e. The van der Waals surface area contributed by atoms with Crippen molar-refractivity contribution in [2.45, 2.75) is 45.1 Å². The molecule has 1 N–H and O–H groups in total. The van der Waals surface area contributed by atoms with Crippen molar-refractivity contribution in [1.82, 2.24) is 9.97 Å². The van der Waals surface area contributed by atoms with E-state index in [4.69, 9.17) is 4.74 Å². The zero-order valence-electron chi connectivity index (χ0n) is 9.99. The normalized spacial score (nSPS) is 17.6. The van der Waals surface area contributed by atoms with Crippen molar-refractivity contribution >= 4 is 5.82 Å². The summed E-state index contributed by atoms with van der Waals surface area (Å²) in [6.07, 6.45) is 6.26. The van der Waals surface area contributed by atoms with Crippen molar-refractivity contribution < 1.29 is 4.74 Å². The summed E-state index contributed by atoms with van der Waals surface area (Å²) in [6, 6.07) is 1.87. The van der Waals surface area contributed by atoms with E-state index < -0.39 is 0 Å². The highest BCUT2D eigenvalue weighted by Gasteiger charge is 2.31. The van der Waals surface area contributed by atoms with Gasteiger partial charge in [0.15, 0.2) is 0 Å². The summed E-state index contributed by atoms with van der Waals surface area (Å²) in [5.74, 6) is 1.52. The SMILES string of the molecule is CCCOc1cc(NC2(C)CCC2)ncn1. The highest BCUT2D eigenvalue weighted by atomic mass is 16.5. The summed E-state index contributed by atoms with van der Waals surface area (Å²) >= 11 is 0. The molecule has 4 nitrogen and oxygen atoms in total. The van der Waals surface area contributed by atoms with Crippen LogP contribution in [0.4, 0.5) is 5.82 Å². The van der Waals surface area contributed by atoms with E-state index in [0.29, 0.717) is 12.5 Å². The van der Waals surface area contributed by atoms with Gasteiger partial charge in [0.1, 0.15) is 12.1 Å². The number of nitrogens with zero attached hydrogens (tertiary/aromatic N) is 2. The third-order valence-electron chi connectivity index (χ3n) is 2.98. The summed E-state index contributed by atoms with van der Waals surface area (Å²) < 4.78 is 5.47. The fraction of sp³-hybridized carbons (Fsp3) is 0.667. The van der Waals surface area contributed by atoms with E-state index in [-0.39, 0.29) is 5.54 Å². The Balaban J connectivity index is 1.98. The highest BCUT2D eigenvalue weighted by molar-refractivity contribution is 5.40. The Morgan fingerprint density at radius 3 is 2.88 bits per heavy atom. The standard InChI is InChI=1S/C12H19N3O/c1-3-7-16-11-8-10(13-9-14-11)15-12(2)5-4-6-12/h8-9H,3-7H2,1-2H3,(H,13,14,15). The molecule has 1 heterocycles. The second-order valence-corrected chi connectivity index (χ2v) is 4.63. The van der Waals surface area contributed by atoms with Crippen LogP contribution in [0.25, 0.3) is 0 Å². The largest absolute Gasteiger partial charge is 0.478 e. The van der Waals surface area contributed by atoms with Gasteiger partial charge in [0.05, 0.1) is 6.61 Å². The van der Waals surface area contributed by atoms with Crippen molar-refractivity contribution in [2.75, 3.05) is 11.9 Å². The molecular weight excluding hydrogens is 202 g/mol. The van der Waals surface area contributed by atoms with E-state index in [1.54, 1.807) is 6.33 Å². The van der Waals surface area contributed by atoms with Gasteiger partial charge in [-0.05, 0) is 32.6 Å². The second kappa shape index (κ2) is 4.68. The van der Waals surface area contributed by atoms with Crippen LogP contribution in [0.1, 0.15) is 39.5 Å². The Kier molecular flexibility index (Phi) is 3.27. The monoisotopic (exact) mass is 221 g/mol. The zero-order chi connectivity index (χ0) is 11.4. The van der Waals surface area contributed by atoms with Crippen LogP contribution in [0.2, 0.25) is 0 Å². The maximum atomic E-state index is 5.47. The molecule has 1 aromatic heterocycles. The Hall–Kier alpha value is -1.32. The highest BCUT2D eigenvalue weighted by Crippen LogP contribution is 2.34. The minimum absolute atomic E-state index is 0.219. The summed E-state index contributed by atoms with van der Waals surface area (Å²) in [5, 5.41) is 3.44. The molecule has 0 unspecified atom stereocenters. The molecule has 0 atom stereocenters. The number of hydrogen-bond acceptors (Lipinski definition) is 4. The van der Waals surface area contributed by atoms with Crippen molar-refractivity contribution in [1.29, 1.82) is 0 Å². The van der Waals surface area contributed by atoms with Gasteiger partial charge >= 0.3 is 0 Å². The average Bonchev–Trinajstić information content (AvgIpc) is 2.25. The lowest BCUT2D eigenvalue weighted by Crippen LogP contribution is -2.41. The van der Waals surface area contributed by atoms with Crippen LogP contribution in [-0.4, -0.2) is 22.1 Å². The molecule has 2 rings (SSSR count). The molecule has 1 fully saturated rings. The minimum atomic E-state index is 0.219. The number of hydrogen-bond donors (Lipinski definition) is 1. The third kappa shape index (κ3) is 2.62. The van der Waals surface area contributed by atoms with E-state index in [1.807, 2.05) is 6.07 Å². The first-order chi connectivity index (χ1) is 7.72. The third-order valence-corrected chi connectivity index (χ3v) is 2.98. The van der Waals surface area contributed by atoms with Crippen LogP contribution < -0.4 is 10.1 Å². The molecule has 88 valence electrons. The molecule has 0 spiro atoms. The topological polar surface area (TPSA) is 47.0 Å². The van der Waals surface area contributed by atoms with E-state index in [9.17, 15) is 0 Å². The molecule has 0 radical (unpaired) electrons. The van der Waals surface area contributed by atoms with Crippen LogP contribution in [0.3, 0.4) is 0 Å². The molecular formula is C12H19N3O. The van der Waals surface area contributed by atoms with Crippen LogP contribution >= 0.6 is 0 Å². The number of nitrogens with one attached hydrogen (secondary N) is 1. The fourth-order valence-corrected chi connectivity index (χ4v) is 1.83. The summed E-state index contributed by atoms with van der Waals surface area (Å²) in [4.78, 5) is 8.29. The molecule has 1 aromatic rings. The van der Waals surface area contributed by atoms with Crippen molar-refractivity contribution in [3.63, 3.8) is 0 Å². The lowest BCUT2D eigenvalue weighted by atomic mass is 9.78. The van der Waals surface area contributed by atoms with Gasteiger partial charge in [-0.1, -0.05) is 6.92 Å². The van der Waals surface area contributed by atoms with Gasteiger partial charge in [-0.15, -0.1) is 0 Å². The summed E-state index contributed by atoms with van der Waals surface area (Å²) in [5.41, 5.74) is 0.219. The van der Waals surface area contributed by atoms with Gasteiger partial charge in [-0.25, -0.2) is 9.97 Å². The molecule has 1 aliphatic rings. The molecule has 0 saturated heterocycles. The van der Waals surface area contributed by atoms with Crippen LogP contribution in [0, 0.1) is 0 Å². The summed E-state index contributed by atoms with van der Waals surface area (Å²) in [7, 11) is 0. The quantitative estimate of drug-likeness (QED) is 0.830. The molecule has 4 heteroatoms. The van der Waals surface area contributed by atoms with Crippen molar-refractivity contribution in [2.24, 2.45) is 0 Å². The first-order valence-electron chi connectivity index (χ1n) is 5.95. The Bertz CT molecular complexity index is 350. The Morgan fingerprint density at radius 1 is 1.44 bits per heavy atom. The van der Waals surface area contributed by atoms with Gasteiger partial charge in [0.2, 0.25) is 5.88 Å². The molecule has 0 amide bonds. The minimum Gasteiger partial charge on any atom is -0.478 e. The number of ether oxygens (including phenoxy) is 1. The first-order valence-corrected chi connectivity index (χ1v) is 5.95. The summed E-state index contributed by atoms with van der Waals surface area (Å²) in [6.45, 7) is 5.01. The predicted octanol–water partition coefficient (Wildman–Crippen LogP) is 2.62. The van der Waals surface area contributed by atoms with Crippen molar-refractivity contribution in [3.05, 3.63) is 12.4 Å². The van der Waals surface area contributed by atoms with Gasteiger partial charge in [0.25, 0.3) is 0 Å². The predicted molar refractivity (Wildman–Crippen MR) is 63.7 cm³/mol. The zero-order valence-corrected chi connectivity index (χ0v) is 9.99. The van der Waals surface area contributed by atoms with Crippen LogP contribution in [0.5, 0.6) is 5.88 Å². The van der Waals surface area contributed by atoms with E-state index in [0.717, 1.165) is 12.2 Å². The molecule has 16 heavy (non-hydrogen) atoms. The second-order valence-electron chi connectivity index (χ2n) is 4.63.